The molecule has 1 saturated heterocycles. The second-order valence-electron chi connectivity index (χ2n) is 9.34. The van der Waals surface area contributed by atoms with E-state index in [1.807, 2.05) is 30.3 Å². The lowest BCUT2D eigenvalue weighted by Crippen LogP contribution is -2.37. The average molecular weight is 447 g/mol. The number of rotatable bonds is 14. The van der Waals surface area contributed by atoms with Gasteiger partial charge in [0.25, 0.3) is 0 Å². The fraction of sp³-hybridized carbons (Fsp3) is 0.667. The number of hydrogen-bond donors (Lipinski definition) is 0. The third kappa shape index (κ3) is 9.85. The molecular weight excluding hydrogens is 404 g/mol. The number of carbonyl (C=O) groups is 1. The molecule has 1 fully saturated rings. The number of carbonyl (C=O) groups excluding carboxylic acids is 1. The molecular formula is C27H42O5. The van der Waals surface area contributed by atoms with Crippen LogP contribution in [0, 0.1) is 11.8 Å². The Bertz CT molecular complexity index is 682. The van der Waals surface area contributed by atoms with Crippen molar-refractivity contribution in [2.45, 2.75) is 84.2 Å². The molecule has 1 aliphatic rings. The highest BCUT2D eigenvalue weighted by Gasteiger charge is 2.31. The molecule has 0 unspecified atom stereocenters. The third-order valence-electron chi connectivity index (χ3n) is 6.13. The van der Waals surface area contributed by atoms with Crippen molar-refractivity contribution in [2.75, 3.05) is 20.8 Å². The van der Waals surface area contributed by atoms with Gasteiger partial charge >= 0.3 is 0 Å². The SMILES string of the molecule is COc1ccc(COCC[C@@H](C[C@H]2O[C@H](CC(=O)/C=C/CC(C)C)CC[C@@H]2C)OC)cc1. The normalized spacial score (nSPS) is 22.4. The van der Waals surface area contributed by atoms with Gasteiger partial charge in [0.15, 0.2) is 5.78 Å². The van der Waals surface area contributed by atoms with Crippen LogP contribution in [0.25, 0.3) is 0 Å². The maximum absolute atomic E-state index is 12.3. The largest absolute Gasteiger partial charge is 0.497 e. The smallest absolute Gasteiger partial charge is 0.157 e. The van der Waals surface area contributed by atoms with E-state index in [-0.39, 0.29) is 24.1 Å². The van der Waals surface area contributed by atoms with Gasteiger partial charge in [-0.15, -0.1) is 0 Å². The Hall–Kier alpha value is -1.69. The van der Waals surface area contributed by atoms with Crippen LogP contribution < -0.4 is 4.74 Å². The van der Waals surface area contributed by atoms with Crippen LogP contribution in [0.1, 0.15) is 64.9 Å². The first kappa shape index (κ1) is 26.6. The van der Waals surface area contributed by atoms with Crippen molar-refractivity contribution in [1.82, 2.24) is 0 Å². The molecule has 32 heavy (non-hydrogen) atoms. The fourth-order valence-corrected chi connectivity index (χ4v) is 4.00. The van der Waals surface area contributed by atoms with E-state index < -0.39 is 0 Å². The lowest BCUT2D eigenvalue weighted by atomic mass is 9.88. The highest BCUT2D eigenvalue weighted by Crippen LogP contribution is 2.30. The Balaban J connectivity index is 1.73. The lowest BCUT2D eigenvalue weighted by Gasteiger charge is -2.36. The molecule has 0 amide bonds. The standard InChI is InChI=1S/C27H42O5/c1-20(2)7-6-8-23(28)17-26-12-9-21(3)27(32-26)18-25(30-5)15-16-31-19-22-10-13-24(29-4)14-11-22/h6,8,10-11,13-14,20-21,25-27H,7,9,12,15-19H2,1-5H3/b8-6+/t21-,25-,26-,27+/m0/s1. The van der Waals surface area contributed by atoms with Crippen molar-refractivity contribution in [3.05, 3.63) is 42.0 Å². The zero-order valence-corrected chi connectivity index (χ0v) is 20.5. The minimum absolute atomic E-state index is 0.0104. The molecule has 1 aliphatic heterocycles. The quantitative estimate of drug-likeness (QED) is 0.269. The summed E-state index contributed by atoms with van der Waals surface area (Å²) in [4.78, 5) is 12.3. The molecule has 0 N–H and O–H groups in total. The highest BCUT2D eigenvalue weighted by atomic mass is 16.5. The van der Waals surface area contributed by atoms with Gasteiger partial charge in [-0.3, -0.25) is 4.79 Å². The van der Waals surface area contributed by atoms with Crippen molar-refractivity contribution in [2.24, 2.45) is 11.8 Å². The van der Waals surface area contributed by atoms with Gasteiger partial charge in [-0.05, 0) is 61.3 Å². The average Bonchev–Trinajstić information content (AvgIpc) is 2.78. The van der Waals surface area contributed by atoms with E-state index >= 15 is 0 Å². The minimum atomic E-state index is 0.0104. The molecule has 5 heteroatoms. The first-order valence-corrected chi connectivity index (χ1v) is 12.0. The van der Waals surface area contributed by atoms with Gasteiger partial charge in [0.1, 0.15) is 5.75 Å². The van der Waals surface area contributed by atoms with Gasteiger partial charge in [-0.25, -0.2) is 0 Å². The van der Waals surface area contributed by atoms with Crippen LogP contribution >= 0.6 is 0 Å². The van der Waals surface area contributed by atoms with Crippen molar-refractivity contribution in [3.63, 3.8) is 0 Å². The lowest BCUT2D eigenvalue weighted by molar-refractivity contribution is -0.127. The van der Waals surface area contributed by atoms with Gasteiger partial charge in [-0.1, -0.05) is 39.0 Å². The summed E-state index contributed by atoms with van der Waals surface area (Å²) >= 11 is 0. The van der Waals surface area contributed by atoms with Gasteiger partial charge in [-0.2, -0.15) is 0 Å². The molecule has 0 radical (unpaired) electrons. The summed E-state index contributed by atoms with van der Waals surface area (Å²) in [7, 11) is 3.42. The molecule has 5 nitrogen and oxygen atoms in total. The predicted octanol–water partition coefficient (Wildman–Crippen LogP) is 5.75. The number of benzene rings is 1. The van der Waals surface area contributed by atoms with Crippen molar-refractivity contribution in [3.8, 4) is 5.75 Å². The van der Waals surface area contributed by atoms with Gasteiger partial charge in [0.05, 0.1) is 32.0 Å². The van der Waals surface area contributed by atoms with E-state index in [0.717, 1.165) is 43.4 Å². The summed E-state index contributed by atoms with van der Waals surface area (Å²) in [5, 5.41) is 0. The summed E-state index contributed by atoms with van der Waals surface area (Å²) < 4.78 is 23.1. The van der Waals surface area contributed by atoms with Crippen LogP contribution in [-0.2, 0) is 25.6 Å². The summed E-state index contributed by atoms with van der Waals surface area (Å²) in [6.07, 6.45) is 9.03. The maximum atomic E-state index is 12.3. The number of methoxy groups -OCH3 is 2. The highest BCUT2D eigenvalue weighted by molar-refractivity contribution is 5.89. The van der Waals surface area contributed by atoms with Gasteiger partial charge in [0, 0.05) is 26.6 Å². The van der Waals surface area contributed by atoms with Gasteiger partial charge < -0.3 is 18.9 Å². The molecule has 0 spiro atoms. The van der Waals surface area contributed by atoms with E-state index in [4.69, 9.17) is 18.9 Å². The Morgan fingerprint density at radius 2 is 1.94 bits per heavy atom. The molecule has 4 atom stereocenters. The molecule has 1 aromatic carbocycles. The minimum Gasteiger partial charge on any atom is -0.497 e. The maximum Gasteiger partial charge on any atom is 0.157 e. The van der Waals surface area contributed by atoms with Crippen LogP contribution in [0.15, 0.2) is 36.4 Å². The summed E-state index contributed by atoms with van der Waals surface area (Å²) in [5.41, 5.74) is 1.12. The number of allylic oxidation sites excluding steroid dienone is 2. The van der Waals surface area contributed by atoms with E-state index in [9.17, 15) is 4.79 Å². The Morgan fingerprint density at radius 3 is 2.59 bits per heavy atom. The van der Waals surface area contributed by atoms with E-state index in [0.29, 0.717) is 31.5 Å². The zero-order chi connectivity index (χ0) is 23.3. The molecule has 0 saturated carbocycles. The van der Waals surface area contributed by atoms with Crippen LogP contribution in [0.5, 0.6) is 5.75 Å². The molecule has 1 heterocycles. The molecule has 2 rings (SSSR count). The number of ketones is 1. The van der Waals surface area contributed by atoms with Crippen molar-refractivity contribution >= 4 is 5.78 Å². The number of ether oxygens (including phenoxy) is 4. The molecule has 0 aromatic heterocycles. The van der Waals surface area contributed by atoms with Crippen LogP contribution in [0.2, 0.25) is 0 Å². The predicted molar refractivity (Wildman–Crippen MR) is 128 cm³/mol. The molecule has 1 aromatic rings. The summed E-state index contributed by atoms with van der Waals surface area (Å²) in [6, 6.07) is 7.92. The Kier molecular flexibility index (Phi) is 12.0. The second-order valence-corrected chi connectivity index (χ2v) is 9.34. The zero-order valence-electron chi connectivity index (χ0n) is 20.5. The molecule has 180 valence electrons. The van der Waals surface area contributed by atoms with E-state index in [1.165, 1.54) is 0 Å². The van der Waals surface area contributed by atoms with E-state index in [2.05, 4.69) is 20.8 Å². The monoisotopic (exact) mass is 446 g/mol. The number of hydrogen-bond acceptors (Lipinski definition) is 5. The Morgan fingerprint density at radius 1 is 1.19 bits per heavy atom. The van der Waals surface area contributed by atoms with E-state index in [1.54, 1.807) is 20.3 Å². The van der Waals surface area contributed by atoms with Crippen molar-refractivity contribution in [1.29, 1.82) is 0 Å². The Labute approximate surface area is 194 Å². The molecule has 0 aliphatic carbocycles. The topological polar surface area (TPSA) is 54.0 Å². The van der Waals surface area contributed by atoms with Crippen LogP contribution in [-0.4, -0.2) is 44.9 Å². The van der Waals surface area contributed by atoms with Crippen LogP contribution in [0.3, 0.4) is 0 Å². The van der Waals surface area contributed by atoms with Gasteiger partial charge in [0.2, 0.25) is 0 Å². The second kappa shape index (κ2) is 14.5. The van der Waals surface area contributed by atoms with Crippen molar-refractivity contribution < 1.29 is 23.7 Å². The third-order valence-corrected chi connectivity index (χ3v) is 6.13. The molecule has 0 bridgehead atoms. The first-order valence-electron chi connectivity index (χ1n) is 12.0. The summed E-state index contributed by atoms with van der Waals surface area (Å²) in [6.45, 7) is 7.75. The van der Waals surface area contributed by atoms with Crippen LogP contribution in [0.4, 0.5) is 0 Å². The fourth-order valence-electron chi connectivity index (χ4n) is 4.00. The first-order chi connectivity index (χ1) is 15.4. The summed E-state index contributed by atoms with van der Waals surface area (Å²) in [5.74, 6) is 2.05.